The number of hydrogen-bond acceptors (Lipinski definition) is 19. The molecule has 0 aromatic heterocycles. The van der Waals surface area contributed by atoms with E-state index in [0.717, 1.165) is 28.3 Å². The van der Waals surface area contributed by atoms with Crippen LogP contribution in [-0.4, -0.2) is 110 Å². The largest absolute Gasteiger partial charge is 0.508 e. The highest BCUT2D eigenvalue weighted by Gasteiger charge is 2.23. The maximum atomic E-state index is 11.9. The monoisotopic (exact) mass is 1260 g/mol. The highest BCUT2D eigenvalue weighted by atomic mass is 16.5. The Morgan fingerprint density at radius 2 is 0.582 bits per heavy atom. The predicted molar refractivity (Wildman–Crippen MR) is 345 cm³/mol. The summed E-state index contributed by atoms with van der Waals surface area (Å²) in [4.78, 5) is 57.2. The van der Waals surface area contributed by atoms with Crippen LogP contribution in [0.15, 0.2) is 121 Å². The van der Waals surface area contributed by atoms with E-state index in [1.165, 1.54) is 80.1 Å². The van der Waals surface area contributed by atoms with Crippen LogP contribution in [0, 0.1) is 0 Å². The van der Waals surface area contributed by atoms with Crippen LogP contribution in [0.4, 0.5) is 0 Å². The van der Waals surface area contributed by atoms with Crippen LogP contribution in [0.3, 0.4) is 0 Å². The van der Waals surface area contributed by atoms with Gasteiger partial charge in [0, 0.05) is 30.3 Å². The number of benzene rings is 7. The normalized spacial score (nSPS) is 10.4. The van der Waals surface area contributed by atoms with Crippen LogP contribution in [0.5, 0.6) is 57.5 Å². The van der Waals surface area contributed by atoms with E-state index >= 15 is 0 Å². The Labute approximate surface area is 532 Å². The summed E-state index contributed by atoms with van der Waals surface area (Å²) in [6.45, 7) is 20.4. The lowest BCUT2D eigenvalue weighted by molar-refractivity contribution is 0.0587. The number of ether oxygens (including phenoxy) is 9. The van der Waals surface area contributed by atoms with Crippen molar-refractivity contribution in [2.75, 3.05) is 49.8 Å². The Balaban J connectivity index is 0.000000301. The van der Waals surface area contributed by atoms with Crippen molar-refractivity contribution in [2.45, 2.75) is 112 Å². The zero-order chi connectivity index (χ0) is 68.4. The Bertz CT molecular complexity index is 3530. The lowest BCUT2D eigenvalue weighted by Gasteiger charge is -2.17. The summed E-state index contributed by atoms with van der Waals surface area (Å²) in [5, 5.41) is 57.3. The number of aromatic hydroxyl groups is 5. The van der Waals surface area contributed by atoms with Crippen LogP contribution in [-0.2, 0) is 32.2 Å². The van der Waals surface area contributed by atoms with E-state index in [9.17, 15) is 49.5 Å². The molecule has 0 aliphatic heterocycles. The number of phenols is 5. The van der Waals surface area contributed by atoms with Gasteiger partial charge in [0.1, 0.15) is 98.5 Å². The molecule has 0 unspecified atom stereocenters. The molecule has 0 amide bonds. The molecule has 0 saturated carbocycles. The maximum Gasteiger partial charge on any atom is 0.341 e. The number of aromatic carboxylic acids is 1. The van der Waals surface area contributed by atoms with Crippen LogP contribution < -0.4 is 23.7 Å². The average Bonchev–Trinajstić information content (AvgIpc) is 1.30. The topological polar surface area (TPSA) is 290 Å². The van der Waals surface area contributed by atoms with Crippen molar-refractivity contribution in [2.24, 2.45) is 0 Å². The zero-order valence-corrected chi connectivity index (χ0v) is 54.7. The second-order valence-electron chi connectivity index (χ2n) is 21.7. The molecular formula is C71H86O20. The third-order valence-electron chi connectivity index (χ3n) is 13.7. The Morgan fingerprint density at radius 1 is 0.319 bits per heavy atom. The molecular weight excluding hydrogens is 1170 g/mol. The van der Waals surface area contributed by atoms with Crippen LogP contribution in [0.1, 0.15) is 190 Å². The van der Waals surface area contributed by atoms with Gasteiger partial charge in [-0.25, -0.2) is 24.0 Å². The number of carboxylic acids is 1. The molecule has 20 nitrogen and oxygen atoms in total. The summed E-state index contributed by atoms with van der Waals surface area (Å²) in [6, 6.07) is 34.8. The smallest absolute Gasteiger partial charge is 0.341 e. The summed E-state index contributed by atoms with van der Waals surface area (Å²) in [5.41, 5.74) is 6.85. The van der Waals surface area contributed by atoms with Gasteiger partial charge in [-0.15, -0.1) is 0 Å². The number of carbonyl (C=O) groups is 5. The van der Waals surface area contributed by atoms with Gasteiger partial charge >= 0.3 is 29.8 Å². The molecule has 7 rings (SSSR count). The highest BCUT2D eigenvalue weighted by molar-refractivity contribution is 5.95. The first-order valence-electron chi connectivity index (χ1n) is 28.9. The van der Waals surface area contributed by atoms with Crippen molar-refractivity contribution in [3.05, 3.63) is 188 Å². The first kappa shape index (κ1) is 75.1. The number of methoxy groups -OCH3 is 7. The van der Waals surface area contributed by atoms with E-state index in [4.69, 9.17) is 33.5 Å². The second-order valence-corrected chi connectivity index (χ2v) is 21.7. The SMILES string of the molecule is COC(=O)c1cc(C(C)C)c(O)cc1O.COC(=O)c1cc(C(C)C)c(O)cc1OC.COC(=O)c1cc(C(C)C)c(OCc2ccccc2)cc1O.COC(=O)c1cc(C(C)C)c(OCc2ccccc2)cc1OC.COc1cc(O)c(C(C)C)cc1C(=O)O. The molecule has 0 spiro atoms. The van der Waals surface area contributed by atoms with Crippen LogP contribution >= 0.6 is 0 Å². The molecule has 0 fully saturated rings. The Kier molecular flexibility index (Phi) is 30.0. The van der Waals surface area contributed by atoms with Gasteiger partial charge in [-0.2, -0.15) is 0 Å². The highest BCUT2D eigenvalue weighted by Crippen LogP contribution is 2.38. The maximum absolute atomic E-state index is 11.9. The number of hydrogen-bond donors (Lipinski definition) is 6. The number of carbonyl (C=O) groups excluding carboxylic acids is 4. The molecule has 0 atom stereocenters. The number of esters is 4. The van der Waals surface area contributed by atoms with Crippen molar-refractivity contribution >= 4 is 29.8 Å². The van der Waals surface area contributed by atoms with E-state index in [1.54, 1.807) is 24.3 Å². The molecule has 0 aliphatic rings. The van der Waals surface area contributed by atoms with E-state index in [-0.39, 0.29) is 80.8 Å². The summed E-state index contributed by atoms with van der Waals surface area (Å²) < 4.78 is 45.7. The van der Waals surface area contributed by atoms with Gasteiger partial charge in [0.05, 0.1) is 49.8 Å². The molecule has 0 aliphatic carbocycles. The first-order chi connectivity index (χ1) is 43.0. The average molecular weight is 1260 g/mol. The zero-order valence-electron chi connectivity index (χ0n) is 54.7. The fourth-order valence-corrected chi connectivity index (χ4v) is 8.70. The molecule has 7 aromatic rings. The van der Waals surface area contributed by atoms with E-state index in [1.807, 2.05) is 116 Å². The van der Waals surface area contributed by atoms with Crippen molar-refractivity contribution in [1.82, 2.24) is 0 Å². The van der Waals surface area contributed by atoms with Gasteiger partial charge in [-0.1, -0.05) is 130 Å². The third-order valence-corrected chi connectivity index (χ3v) is 13.7. The number of rotatable bonds is 19. The lowest BCUT2D eigenvalue weighted by atomic mass is 9.98. The molecule has 6 N–H and O–H groups in total. The molecule has 0 radical (unpaired) electrons. The van der Waals surface area contributed by atoms with Crippen molar-refractivity contribution in [1.29, 1.82) is 0 Å². The van der Waals surface area contributed by atoms with Gasteiger partial charge < -0.3 is 73.3 Å². The fraction of sp³-hybridized carbons (Fsp3) is 0.338. The van der Waals surface area contributed by atoms with Gasteiger partial charge in [0.25, 0.3) is 0 Å². The summed E-state index contributed by atoms with van der Waals surface area (Å²) >= 11 is 0. The van der Waals surface area contributed by atoms with E-state index < -0.39 is 29.8 Å². The molecule has 490 valence electrons. The quantitative estimate of drug-likeness (QED) is 0.0324. The molecule has 20 heteroatoms. The van der Waals surface area contributed by atoms with E-state index in [2.05, 4.69) is 28.1 Å². The molecule has 0 saturated heterocycles. The van der Waals surface area contributed by atoms with Gasteiger partial charge in [0.2, 0.25) is 0 Å². The lowest BCUT2D eigenvalue weighted by Crippen LogP contribution is -2.08. The van der Waals surface area contributed by atoms with Gasteiger partial charge in [-0.3, -0.25) is 0 Å². The predicted octanol–water partition coefficient (Wildman–Crippen LogP) is 14.6. The Morgan fingerprint density at radius 3 is 0.923 bits per heavy atom. The third kappa shape index (κ3) is 21.6. The minimum Gasteiger partial charge on any atom is -0.508 e. The first-order valence-corrected chi connectivity index (χ1v) is 28.9. The summed E-state index contributed by atoms with van der Waals surface area (Å²) in [5.74, 6) is -0.555. The number of phenolic OH excluding ortho intramolecular Hbond substituents is 5. The molecule has 7 aromatic carbocycles. The van der Waals surface area contributed by atoms with Crippen molar-refractivity contribution in [3.8, 4) is 57.5 Å². The van der Waals surface area contributed by atoms with Crippen molar-refractivity contribution < 1.29 is 97.2 Å². The minimum absolute atomic E-state index is 0.0184. The molecule has 0 bridgehead atoms. The standard InChI is InChI=1S/C19H22O4.C18H20O4.C12H16O4.2C11H14O4/c1-13(2)15-10-16(19(20)22-4)17(21-3)11-18(15)23-12-14-8-6-5-7-9-14;1-12(2)14-9-15(18(20)21-3)16(19)10-17(14)22-11-13-7-5-4-6-8-13;1-7(2)8-5-9(12(14)16-4)11(15-3)6-10(8)13;1-6(2)7-4-8(11(13)14)10(15-3)5-9(7)12;1-6(2)7-4-8(11(14)15-3)10(13)5-9(7)12/h5-11,13H,12H2,1-4H3;4-10,12,19H,11H2,1-3H3;5-7,13H,1-4H3;4-6,12H,1-3H3,(H,13,14);4-6,12-13H,1-3H3. The van der Waals surface area contributed by atoms with Crippen LogP contribution in [0.25, 0.3) is 0 Å². The van der Waals surface area contributed by atoms with E-state index in [0.29, 0.717) is 64.0 Å². The second kappa shape index (κ2) is 36.4. The van der Waals surface area contributed by atoms with Gasteiger partial charge in [0.15, 0.2) is 0 Å². The van der Waals surface area contributed by atoms with Crippen LogP contribution in [0.2, 0.25) is 0 Å². The van der Waals surface area contributed by atoms with Crippen molar-refractivity contribution in [3.63, 3.8) is 0 Å². The fourth-order valence-electron chi connectivity index (χ4n) is 8.70. The summed E-state index contributed by atoms with van der Waals surface area (Å²) in [7, 11) is 9.53. The Hall–Kier alpha value is -10.1. The molecule has 0 heterocycles. The van der Waals surface area contributed by atoms with Gasteiger partial charge in [-0.05, 0) is 98.9 Å². The molecule has 91 heavy (non-hydrogen) atoms. The minimum atomic E-state index is -1.06. The number of carboxylic acid groups (broad SMARTS) is 1. The summed E-state index contributed by atoms with van der Waals surface area (Å²) in [6.07, 6.45) is 0.